The Morgan fingerprint density at radius 1 is 1.50 bits per heavy atom. The number of rotatable bonds is 5. The molecule has 0 saturated carbocycles. The van der Waals surface area contributed by atoms with E-state index in [0.29, 0.717) is 6.04 Å². The summed E-state index contributed by atoms with van der Waals surface area (Å²) in [7, 11) is 0. The molecule has 0 amide bonds. The molecule has 0 aromatic carbocycles. The molecule has 3 nitrogen and oxygen atoms in total. The fourth-order valence-electron chi connectivity index (χ4n) is 2.56. The molecule has 1 aromatic rings. The molecule has 1 unspecified atom stereocenters. The van der Waals surface area contributed by atoms with Gasteiger partial charge in [-0.05, 0) is 39.7 Å². The van der Waals surface area contributed by atoms with E-state index in [1.807, 2.05) is 17.5 Å². The minimum absolute atomic E-state index is 0.482. The minimum Gasteiger partial charge on any atom is -0.314 e. The van der Waals surface area contributed by atoms with Crippen LogP contribution in [0.1, 0.15) is 49.0 Å². The number of likely N-dealkylation sites (tertiary alicyclic amines) is 1. The van der Waals surface area contributed by atoms with Gasteiger partial charge in [-0.15, -0.1) is 11.3 Å². The molecular weight excluding hydrogens is 242 g/mol. The SMILES string of the molecule is CCCNC1CCN(C(C)c2ncc(C)s2)CC1. The highest BCUT2D eigenvalue weighted by Gasteiger charge is 2.24. The minimum atomic E-state index is 0.482. The lowest BCUT2D eigenvalue weighted by Crippen LogP contribution is -2.43. The van der Waals surface area contributed by atoms with Gasteiger partial charge in [0.05, 0.1) is 6.04 Å². The summed E-state index contributed by atoms with van der Waals surface area (Å²) in [5, 5.41) is 4.91. The summed E-state index contributed by atoms with van der Waals surface area (Å²) in [5.74, 6) is 0. The average molecular weight is 267 g/mol. The molecule has 1 N–H and O–H groups in total. The molecule has 1 aliphatic rings. The third-order valence-electron chi connectivity index (χ3n) is 3.76. The maximum Gasteiger partial charge on any atom is 0.110 e. The molecule has 2 heterocycles. The second-order valence-corrected chi connectivity index (χ2v) is 6.52. The molecular formula is C14H25N3S. The van der Waals surface area contributed by atoms with Crippen LogP contribution in [-0.4, -0.2) is 35.6 Å². The number of nitrogens with zero attached hydrogens (tertiary/aromatic N) is 2. The number of hydrogen-bond acceptors (Lipinski definition) is 4. The topological polar surface area (TPSA) is 28.2 Å². The van der Waals surface area contributed by atoms with Crippen LogP contribution in [-0.2, 0) is 0 Å². The van der Waals surface area contributed by atoms with Gasteiger partial charge in [0.15, 0.2) is 0 Å². The summed E-state index contributed by atoms with van der Waals surface area (Å²) >= 11 is 1.84. The van der Waals surface area contributed by atoms with Crippen molar-refractivity contribution in [1.29, 1.82) is 0 Å². The first-order chi connectivity index (χ1) is 8.70. The molecule has 1 saturated heterocycles. The number of hydrogen-bond donors (Lipinski definition) is 1. The standard InChI is InChI=1S/C14H25N3S/c1-4-7-15-13-5-8-17(9-6-13)12(3)14-16-10-11(2)18-14/h10,12-13,15H,4-9H2,1-3H3. The maximum atomic E-state index is 4.52. The van der Waals surface area contributed by atoms with E-state index in [4.69, 9.17) is 0 Å². The number of piperidine rings is 1. The first kappa shape index (κ1) is 14.0. The van der Waals surface area contributed by atoms with Gasteiger partial charge < -0.3 is 5.32 Å². The van der Waals surface area contributed by atoms with Crippen LogP contribution in [0.15, 0.2) is 6.20 Å². The van der Waals surface area contributed by atoms with Gasteiger partial charge in [-0.2, -0.15) is 0 Å². The zero-order chi connectivity index (χ0) is 13.0. The Labute approximate surface area is 115 Å². The van der Waals surface area contributed by atoms with Crippen LogP contribution in [0.3, 0.4) is 0 Å². The van der Waals surface area contributed by atoms with Gasteiger partial charge in [0.25, 0.3) is 0 Å². The van der Waals surface area contributed by atoms with E-state index in [-0.39, 0.29) is 0 Å². The van der Waals surface area contributed by atoms with Crippen LogP contribution in [0, 0.1) is 6.92 Å². The lowest BCUT2D eigenvalue weighted by Gasteiger charge is -2.35. The van der Waals surface area contributed by atoms with Crippen LogP contribution in [0.25, 0.3) is 0 Å². The highest BCUT2D eigenvalue weighted by atomic mass is 32.1. The quantitative estimate of drug-likeness (QED) is 0.889. The van der Waals surface area contributed by atoms with Crippen LogP contribution >= 0.6 is 11.3 Å². The second-order valence-electron chi connectivity index (χ2n) is 5.25. The van der Waals surface area contributed by atoms with Gasteiger partial charge in [-0.3, -0.25) is 4.90 Å². The maximum absolute atomic E-state index is 4.52. The Morgan fingerprint density at radius 3 is 2.78 bits per heavy atom. The molecule has 1 aromatic heterocycles. The van der Waals surface area contributed by atoms with Crippen LogP contribution in [0.5, 0.6) is 0 Å². The predicted octanol–water partition coefficient (Wildman–Crippen LogP) is 2.98. The van der Waals surface area contributed by atoms with E-state index < -0.39 is 0 Å². The van der Waals surface area contributed by atoms with Crippen molar-refractivity contribution < 1.29 is 0 Å². The molecule has 0 spiro atoms. The van der Waals surface area contributed by atoms with E-state index in [2.05, 4.69) is 36.0 Å². The molecule has 1 aliphatic heterocycles. The normalized spacial score (nSPS) is 20.2. The van der Waals surface area contributed by atoms with Gasteiger partial charge in [0, 0.05) is 30.2 Å². The molecule has 1 atom stereocenters. The Kier molecular flexibility index (Phi) is 5.15. The van der Waals surface area contributed by atoms with Crippen LogP contribution < -0.4 is 5.32 Å². The number of aryl methyl sites for hydroxylation is 1. The van der Waals surface area contributed by atoms with Crippen molar-refractivity contribution in [2.75, 3.05) is 19.6 Å². The summed E-state index contributed by atoms with van der Waals surface area (Å²) in [4.78, 5) is 8.41. The van der Waals surface area contributed by atoms with Crippen molar-refractivity contribution in [1.82, 2.24) is 15.2 Å². The summed E-state index contributed by atoms with van der Waals surface area (Å²) in [5.41, 5.74) is 0. The molecule has 1 fully saturated rings. The summed E-state index contributed by atoms with van der Waals surface area (Å²) in [6.07, 6.45) is 5.77. The Morgan fingerprint density at radius 2 is 2.22 bits per heavy atom. The fraction of sp³-hybridized carbons (Fsp3) is 0.786. The highest BCUT2D eigenvalue weighted by Crippen LogP contribution is 2.27. The van der Waals surface area contributed by atoms with Crippen LogP contribution in [0.4, 0.5) is 0 Å². The Balaban J connectivity index is 1.82. The largest absolute Gasteiger partial charge is 0.314 e. The molecule has 2 rings (SSSR count). The molecule has 18 heavy (non-hydrogen) atoms. The molecule has 0 radical (unpaired) electrons. The fourth-order valence-corrected chi connectivity index (χ4v) is 3.42. The van der Waals surface area contributed by atoms with Crippen molar-refractivity contribution in [3.05, 3.63) is 16.1 Å². The molecule has 4 heteroatoms. The summed E-state index contributed by atoms with van der Waals surface area (Å²) in [6, 6.07) is 1.21. The first-order valence-electron chi connectivity index (χ1n) is 7.10. The average Bonchev–Trinajstić information content (AvgIpc) is 2.83. The van der Waals surface area contributed by atoms with Crippen molar-refractivity contribution in [2.24, 2.45) is 0 Å². The second kappa shape index (κ2) is 6.64. The van der Waals surface area contributed by atoms with Gasteiger partial charge in [0.1, 0.15) is 5.01 Å². The van der Waals surface area contributed by atoms with Gasteiger partial charge >= 0.3 is 0 Å². The number of thiazole rings is 1. The Bertz CT molecular complexity index is 356. The lowest BCUT2D eigenvalue weighted by molar-refractivity contribution is 0.152. The van der Waals surface area contributed by atoms with Gasteiger partial charge in [0.2, 0.25) is 0 Å². The molecule has 0 bridgehead atoms. The molecule has 102 valence electrons. The van der Waals surface area contributed by atoms with Gasteiger partial charge in [-0.1, -0.05) is 6.92 Å². The van der Waals surface area contributed by atoms with E-state index in [1.54, 1.807) is 0 Å². The van der Waals surface area contributed by atoms with E-state index in [0.717, 1.165) is 12.6 Å². The lowest BCUT2D eigenvalue weighted by atomic mass is 10.0. The molecule has 0 aliphatic carbocycles. The third kappa shape index (κ3) is 3.53. The third-order valence-corrected chi connectivity index (χ3v) is 4.84. The summed E-state index contributed by atoms with van der Waals surface area (Å²) < 4.78 is 0. The summed E-state index contributed by atoms with van der Waals surface area (Å²) in [6.45, 7) is 10.2. The van der Waals surface area contributed by atoms with Gasteiger partial charge in [-0.25, -0.2) is 4.98 Å². The predicted molar refractivity (Wildman–Crippen MR) is 78.2 cm³/mol. The smallest absolute Gasteiger partial charge is 0.110 e. The van der Waals surface area contributed by atoms with Crippen molar-refractivity contribution in [2.45, 2.75) is 52.1 Å². The zero-order valence-corrected chi connectivity index (χ0v) is 12.6. The van der Waals surface area contributed by atoms with E-state index in [1.165, 1.54) is 42.2 Å². The first-order valence-corrected chi connectivity index (χ1v) is 7.92. The Hall–Kier alpha value is -0.450. The van der Waals surface area contributed by atoms with Crippen molar-refractivity contribution in [3.63, 3.8) is 0 Å². The van der Waals surface area contributed by atoms with Crippen molar-refractivity contribution >= 4 is 11.3 Å². The van der Waals surface area contributed by atoms with Crippen LogP contribution in [0.2, 0.25) is 0 Å². The highest BCUT2D eigenvalue weighted by molar-refractivity contribution is 7.11. The van der Waals surface area contributed by atoms with Crippen molar-refractivity contribution in [3.8, 4) is 0 Å². The zero-order valence-electron chi connectivity index (χ0n) is 11.8. The van der Waals surface area contributed by atoms with E-state index in [9.17, 15) is 0 Å². The number of nitrogens with one attached hydrogen (secondary N) is 1. The van der Waals surface area contributed by atoms with E-state index >= 15 is 0 Å². The monoisotopic (exact) mass is 267 g/mol. The number of aromatic nitrogens is 1.